The van der Waals surface area contributed by atoms with E-state index < -0.39 is 22.0 Å². The van der Waals surface area contributed by atoms with Crippen LogP contribution >= 0.6 is 0 Å². The number of nitrogen functional groups attached to an aromatic ring is 1. The van der Waals surface area contributed by atoms with Gasteiger partial charge >= 0.3 is 11.9 Å². The van der Waals surface area contributed by atoms with Crippen molar-refractivity contribution in [2.45, 2.75) is 11.3 Å². The Morgan fingerprint density at radius 2 is 1.90 bits per heavy atom. The third-order valence-corrected chi connectivity index (χ3v) is 4.05. The Labute approximate surface area is 122 Å². The first kappa shape index (κ1) is 16.9. The molecule has 0 spiro atoms. The minimum absolute atomic E-state index is 0.133. The van der Waals surface area contributed by atoms with Crippen LogP contribution in [0.4, 0.5) is 5.69 Å². The number of ether oxygens (including phenoxy) is 2. The first-order valence-corrected chi connectivity index (χ1v) is 7.34. The summed E-state index contributed by atoms with van der Waals surface area (Å²) in [5.41, 5.74) is 5.58. The number of hydrogen-bond donors (Lipinski definition) is 2. The number of sulfonamides is 1. The largest absolute Gasteiger partial charge is 0.469 e. The van der Waals surface area contributed by atoms with E-state index in [1.807, 2.05) is 0 Å². The number of carbonyl (C=O) groups is 2. The van der Waals surface area contributed by atoms with Gasteiger partial charge < -0.3 is 15.2 Å². The molecule has 116 valence electrons. The van der Waals surface area contributed by atoms with Crippen LogP contribution in [0.5, 0.6) is 0 Å². The van der Waals surface area contributed by atoms with E-state index in [-0.39, 0.29) is 29.1 Å². The predicted octanol–water partition coefficient (Wildman–Crippen LogP) is -0.103. The zero-order chi connectivity index (χ0) is 16.0. The molecule has 0 aliphatic carbocycles. The lowest BCUT2D eigenvalue weighted by molar-refractivity contribution is -0.140. The number of hydrogen-bond acceptors (Lipinski definition) is 7. The van der Waals surface area contributed by atoms with Crippen LogP contribution < -0.4 is 10.5 Å². The van der Waals surface area contributed by atoms with Gasteiger partial charge in [-0.25, -0.2) is 17.9 Å². The van der Waals surface area contributed by atoms with E-state index in [0.717, 1.165) is 13.2 Å². The Kier molecular flexibility index (Phi) is 5.68. The third-order valence-electron chi connectivity index (χ3n) is 2.55. The Hall–Kier alpha value is -2.13. The van der Waals surface area contributed by atoms with Crippen LogP contribution in [0.25, 0.3) is 0 Å². The highest BCUT2D eigenvalue weighted by atomic mass is 32.2. The molecular formula is C12H16N2O6S. The van der Waals surface area contributed by atoms with E-state index in [2.05, 4.69) is 14.2 Å². The van der Waals surface area contributed by atoms with Gasteiger partial charge in [0.25, 0.3) is 0 Å². The standard InChI is InChI=1S/C12H16N2O6S/c1-19-11(15)5-6-14-21(17,18)10-7-8(13)3-4-9(10)12(16)20-2/h3-4,7,14H,5-6,13H2,1-2H3. The molecule has 21 heavy (non-hydrogen) atoms. The summed E-state index contributed by atoms with van der Waals surface area (Å²) < 4.78 is 35.5. The van der Waals surface area contributed by atoms with Gasteiger partial charge in [-0.15, -0.1) is 0 Å². The van der Waals surface area contributed by atoms with Crippen LogP contribution in [0, 0.1) is 0 Å². The smallest absolute Gasteiger partial charge is 0.339 e. The van der Waals surface area contributed by atoms with Crippen molar-refractivity contribution in [2.24, 2.45) is 0 Å². The van der Waals surface area contributed by atoms with Crippen LogP contribution in [-0.2, 0) is 24.3 Å². The number of nitrogens with two attached hydrogens (primary N) is 1. The van der Waals surface area contributed by atoms with Gasteiger partial charge in [-0.1, -0.05) is 0 Å². The molecule has 0 heterocycles. The van der Waals surface area contributed by atoms with E-state index in [1.165, 1.54) is 19.2 Å². The molecule has 3 N–H and O–H groups in total. The molecule has 0 unspecified atom stereocenters. The van der Waals surface area contributed by atoms with Crippen LogP contribution in [0.2, 0.25) is 0 Å². The molecule has 8 nitrogen and oxygen atoms in total. The van der Waals surface area contributed by atoms with Crippen molar-refractivity contribution in [3.05, 3.63) is 23.8 Å². The lowest BCUT2D eigenvalue weighted by Crippen LogP contribution is -2.28. The molecule has 9 heteroatoms. The zero-order valence-corrected chi connectivity index (χ0v) is 12.4. The second kappa shape index (κ2) is 7.04. The van der Waals surface area contributed by atoms with Crippen molar-refractivity contribution in [3.63, 3.8) is 0 Å². The fourth-order valence-electron chi connectivity index (χ4n) is 1.51. The van der Waals surface area contributed by atoms with Crippen molar-refractivity contribution in [1.82, 2.24) is 4.72 Å². The van der Waals surface area contributed by atoms with Gasteiger partial charge in [0.2, 0.25) is 10.0 Å². The average molecular weight is 316 g/mol. The Bertz CT molecular complexity index is 641. The van der Waals surface area contributed by atoms with Crippen molar-refractivity contribution in [3.8, 4) is 0 Å². The highest BCUT2D eigenvalue weighted by molar-refractivity contribution is 7.89. The van der Waals surface area contributed by atoms with Crippen LogP contribution in [0.1, 0.15) is 16.8 Å². The summed E-state index contributed by atoms with van der Waals surface area (Å²) in [6, 6.07) is 3.79. The summed E-state index contributed by atoms with van der Waals surface area (Å²) in [6.07, 6.45) is -0.133. The van der Waals surface area contributed by atoms with Crippen molar-refractivity contribution in [2.75, 3.05) is 26.5 Å². The molecule has 0 aromatic heterocycles. The highest BCUT2D eigenvalue weighted by Gasteiger charge is 2.23. The molecule has 0 saturated heterocycles. The van der Waals surface area contributed by atoms with Gasteiger partial charge in [-0.05, 0) is 18.2 Å². The van der Waals surface area contributed by atoms with Gasteiger partial charge in [-0.3, -0.25) is 4.79 Å². The predicted molar refractivity (Wildman–Crippen MR) is 74.0 cm³/mol. The second-order valence-electron chi connectivity index (χ2n) is 3.97. The fourth-order valence-corrected chi connectivity index (χ4v) is 2.77. The number of nitrogens with one attached hydrogen (secondary N) is 1. The quantitative estimate of drug-likeness (QED) is 0.554. The number of esters is 2. The average Bonchev–Trinajstić information content (AvgIpc) is 2.45. The molecule has 0 aliphatic rings. The zero-order valence-electron chi connectivity index (χ0n) is 11.6. The van der Waals surface area contributed by atoms with Crippen LogP contribution in [0.15, 0.2) is 23.1 Å². The Morgan fingerprint density at radius 3 is 2.48 bits per heavy atom. The maximum Gasteiger partial charge on any atom is 0.339 e. The van der Waals surface area contributed by atoms with E-state index in [0.29, 0.717) is 0 Å². The molecule has 1 rings (SSSR count). The minimum atomic E-state index is -4.01. The first-order chi connectivity index (χ1) is 9.81. The maximum absolute atomic E-state index is 12.2. The summed E-state index contributed by atoms with van der Waals surface area (Å²) in [5.74, 6) is -1.36. The highest BCUT2D eigenvalue weighted by Crippen LogP contribution is 2.20. The van der Waals surface area contributed by atoms with Crippen LogP contribution in [-0.4, -0.2) is 41.1 Å². The Balaban J connectivity index is 3.04. The van der Waals surface area contributed by atoms with Crippen molar-refractivity contribution < 1.29 is 27.5 Å². The molecule has 0 radical (unpaired) electrons. The van der Waals surface area contributed by atoms with Crippen LogP contribution in [0.3, 0.4) is 0 Å². The summed E-state index contributed by atoms with van der Waals surface area (Å²) >= 11 is 0. The monoisotopic (exact) mass is 316 g/mol. The van der Waals surface area contributed by atoms with E-state index in [9.17, 15) is 18.0 Å². The molecule has 1 aromatic rings. The van der Waals surface area contributed by atoms with Gasteiger partial charge in [0.1, 0.15) is 0 Å². The number of carbonyl (C=O) groups excluding carboxylic acids is 2. The van der Waals surface area contributed by atoms with E-state index >= 15 is 0 Å². The van der Waals surface area contributed by atoms with Gasteiger partial charge in [-0.2, -0.15) is 0 Å². The molecule has 0 aliphatic heterocycles. The topological polar surface area (TPSA) is 125 Å². The summed E-state index contributed by atoms with van der Waals surface area (Å²) in [5, 5.41) is 0. The van der Waals surface area contributed by atoms with Gasteiger partial charge in [0.15, 0.2) is 0 Å². The number of methoxy groups -OCH3 is 2. The molecule has 0 bridgehead atoms. The second-order valence-corrected chi connectivity index (χ2v) is 5.71. The Morgan fingerprint density at radius 1 is 1.24 bits per heavy atom. The normalized spacial score (nSPS) is 11.0. The minimum Gasteiger partial charge on any atom is -0.469 e. The lowest BCUT2D eigenvalue weighted by atomic mass is 10.2. The van der Waals surface area contributed by atoms with Crippen molar-refractivity contribution >= 4 is 27.6 Å². The third kappa shape index (κ3) is 4.43. The number of anilines is 1. The summed E-state index contributed by atoms with van der Waals surface area (Å²) in [7, 11) is -1.67. The lowest BCUT2D eigenvalue weighted by Gasteiger charge is -2.10. The fraction of sp³-hybridized carbons (Fsp3) is 0.333. The SMILES string of the molecule is COC(=O)CCNS(=O)(=O)c1cc(N)ccc1C(=O)OC. The molecule has 0 fully saturated rings. The molecular weight excluding hydrogens is 300 g/mol. The summed E-state index contributed by atoms with van der Waals surface area (Å²) in [4.78, 5) is 22.2. The first-order valence-electron chi connectivity index (χ1n) is 5.86. The van der Waals surface area contributed by atoms with Gasteiger partial charge in [0, 0.05) is 12.2 Å². The summed E-state index contributed by atoms with van der Waals surface area (Å²) in [6.45, 7) is -0.162. The molecule has 0 amide bonds. The van der Waals surface area contributed by atoms with Gasteiger partial charge in [0.05, 0.1) is 31.1 Å². The molecule has 0 saturated carbocycles. The number of rotatable bonds is 6. The van der Waals surface area contributed by atoms with E-state index in [4.69, 9.17) is 5.73 Å². The molecule has 1 aromatic carbocycles. The molecule has 0 atom stereocenters. The number of benzene rings is 1. The van der Waals surface area contributed by atoms with Crippen molar-refractivity contribution in [1.29, 1.82) is 0 Å². The van der Waals surface area contributed by atoms with E-state index in [1.54, 1.807) is 0 Å². The maximum atomic E-state index is 12.2.